The standard InChI is InChI=1S/C23H18FNO4/c1-14(23(27)25-18-9-7-17(24)8-10-18)29-21(26)12-16-13-28-20-11-6-15-4-2-3-5-19(15)22(16)20/h2-11,13-14H,12H2,1H3,(H,25,27)/t14-/m0/s1. The van der Waals surface area contributed by atoms with Crippen LogP contribution >= 0.6 is 0 Å². The number of ether oxygens (including phenoxy) is 1. The molecule has 1 aromatic heterocycles. The van der Waals surface area contributed by atoms with Crippen molar-refractivity contribution in [2.24, 2.45) is 0 Å². The third-order valence-electron chi connectivity index (χ3n) is 4.66. The van der Waals surface area contributed by atoms with Gasteiger partial charge in [-0.05, 0) is 48.0 Å². The van der Waals surface area contributed by atoms with E-state index < -0.39 is 23.8 Å². The Hall–Kier alpha value is -3.67. The van der Waals surface area contributed by atoms with Crippen LogP contribution in [0.4, 0.5) is 10.1 Å². The van der Waals surface area contributed by atoms with Gasteiger partial charge >= 0.3 is 5.97 Å². The highest BCUT2D eigenvalue weighted by Crippen LogP contribution is 2.30. The lowest BCUT2D eigenvalue weighted by molar-refractivity contribution is -0.152. The van der Waals surface area contributed by atoms with Crippen LogP contribution < -0.4 is 5.32 Å². The first kappa shape index (κ1) is 18.7. The van der Waals surface area contributed by atoms with Crippen LogP contribution in [0.3, 0.4) is 0 Å². The molecule has 1 amide bonds. The van der Waals surface area contributed by atoms with Crippen LogP contribution in [-0.4, -0.2) is 18.0 Å². The van der Waals surface area contributed by atoms with Gasteiger partial charge in [0.2, 0.25) is 0 Å². The summed E-state index contributed by atoms with van der Waals surface area (Å²) in [5.74, 6) is -1.43. The molecule has 4 aromatic rings. The molecular formula is C23H18FNO4. The molecule has 4 rings (SSSR count). The van der Waals surface area contributed by atoms with E-state index in [1.54, 1.807) is 6.26 Å². The molecule has 0 aliphatic heterocycles. The number of esters is 1. The van der Waals surface area contributed by atoms with Gasteiger partial charge in [-0.1, -0.05) is 30.3 Å². The van der Waals surface area contributed by atoms with Crippen LogP contribution in [0.25, 0.3) is 21.7 Å². The van der Waals surface area contributed by atoms with Crippen LogP contribution in [0.1, 0.15) is 12.5 Å². The summed E-state index contributed by atoms with van der Waals surface area (Å²) in [5, 5.41) is 5.48. The number of anilines is 1. The Morgan fingerprint density at radius 1 is 1.07 bits per heavy atom. The first-order valence-corrected chi connectivity index (χ1v) is 9.15. The smallest absolute Gasteiger partial charge is 0.311 e. The second-order valence-electron chi connectivity index (χ2n) is 6.73. The van der Waals surface area contributed by atoms with Crippen LogP contribution in [0.2, 0.25) is 0 Å². The molecule has 0 saturated heterocycles. The number of nitrogens with one attached hydrogen (secondary N) is 1. The summed E-state index contributed by atoms with van der Waals surface area (Å²) >= 11 is 0. The topological polar surface area (TPSA) is 68.5 Å². The summed E-state index contributed by atoms with van der Waals surface area (Å²) in [6, 6.07) is 17.0. The lowest BCUT2D eigenvalue weighted by Crippen LogP contribution is -2.30. The molecule has 0 radical (unpaired) electrons. The fourth-order valence-corrected chi connectivity index (χ4v) is 3.23. The van der Waals surface area contributed by atoms with Crippen molar-refractivity contribution in [2.45, 2.75) is 19.4 Å². The van der Waals surface area contributed by atoms with Crippen LogP contribution in [0.15, 0.2) is 71.3 Å². The molecule has 1 heterocycles. The molecule has 0 spiro atoms. The molecule has 0 bridgehead atoms. The molecule has 146 valence electrons. The van der Waals surface area contributed by atoms with Crippen molar-refractivity contribution in [3.8, 4) is 0 Å². The van der Waals surface area contributed by atoms with Gasteiger partial charge in [0.1, 0.15) is 11.4 Å². The Morgan fingerprint density at radius 2 is 1.83 bits per heavy atom. The lowest BCUT2D eigenvalue weighted by Gasteiger charge is -2.13. The molecule has 0 aliphatic rings. The number of carbonyl (C=O) groups excluding carboxylic acids is 2. The summed E-state index contributed by atoms with van der Waals surface area (Å²) in [4.78, 5) is 24.6. The molecule has 1 atom stereocenters. The van der Waals surface area contributed by atoms with Crippen LogP contribution in [0, 0.1) is 5.82 Å². The van der Waals surface area contributed by atoms with E-state index in [1.165, 1.54) is 31.2 Å². The molecule has 0 fully saturated rings. The Morgan fingerprint density at radius 3 is 2.62 bits per heavy atom. The molecule has 5 nitrogen and oxygen atoms in total. The van der Waals surface area contributed by atoms with Crippen molar-refractivity contribution in [1.82, 2.24) is 0 Å². The zero-order valence-electron chi connectivity index (χ0n) is 15.6. The number of rotatable bonds is 5. The van der Waals surface area contributed by atoms with E-state index in [-0.39, 0.29) is 6.42 Å². The highest BCUT2D eigenvalue weighted by molar-refractivity contribution is 6.08. The second kappa shape index (κ2) is 7.75. The molecular weight excluding hydrogens is 373 g/mol. The molecule has 1 N–H and O–H groups in total. The highest BCUT2D eigenvalue weighted by Gasteiger charge is 2.20. The summed E-state index contributed by atoms with van der Waals surface area (Å²) in [6.07, 6.45) is 0.527. The number of furan rings is 1. The Bertz CT molecular complexity index is 1200. The average molecular weight is 391 g/mol. The molecule has 0 aliphatic carbocycles. The summed E-state index contributed by atoms with van der Waals surface area (Å²) < 4.78 is 23.8. The zero-order chi connectivity index (χ0) is 20.4. The Kier molecular flexibility index (Phi) is 4.99. The third-order valence-corrected chi connectivity index (χ3v) is 4.66. The van der Waals surface area contributed by atoms with Gasteiger partial charge in [-0.2, -0.15) is 0 Å². The van der Waals surface area contributed by atoms with E-state index in [9.17, 15) is 14.0 Å². The van der Waals surface area contributed by atoms with Crippen molar-refractivity contribution in [3.05, 3.63) is 78.3 Å². The van der Waals surface area contributed by atoms with Gasteiger partial charge in [0.25, 0.3) is 5.91 Å². The fraction of sp³-hybridized carbons (Fsp3) is 0.130. The molecule has 29 heavy (non-hydrogen) atoms. The van der Waals surface area contributed by atoms with Gasteiger partial charge in [0, 0.05) is 16.6 Å². The zero-order valence-corrected chi connectivity index (χ0v) is 15.6. The summed E-state index contributed by atoms with van der Waals surface area (Å²) in [7, 11) is 0. The summed E-state index contributed by atoms with van der Waals surface area (Å²) in [5.41, 5.74) is 1.81. The SMILES string of the molecule is C[C@H](OC(=O)Cc1coc2ccc3ccccc3c12)C(=O)Nc1ccc(F)cc1. The number of benzene rings is 3. The minimum atomic E-state index is -0.998. The van der Waals surface area contributed by atoms with E-state index in [0.717, 1.165) is 16.2 Å². The van der Waals surface area contributed by atoms with E-state index in [4.69, 9.17) is 9.15 Å². The third kappa shape index (κ3) is 3.96. The fourth-order valence-electron chi connectivity index (χ4n) is 3.23. The Balaban J connectivity index is 1.46. The van der Waals surface area contributed by atoms with Crippen LogP contribution in [0.5, 0.6) is 0 Å². The number of amides is 1. The van der Waals surface area contributed by atoms with Gasteiger partial charge in [0.15, 0.2) is 6.10 Å². The molecule has 3 aromatic carbocycles. The second-order valence-corrected chi connectivity index (χ2v) is 6.73. The maximum atomic E-state index is 13.0. The first-order chi connectivity index (χ1) is 14.0. The predicted octanol–water partition coefficient (Wildman–Crippen LogP) is 4.84. The number of hydrogen-bond acceptors (Lipinski definition) is 4. The first-order valence-electron chi connectivity index (χ1n) is 9.15. The maximum absolute atomic E-state index is 13.0. The highest BCUT2D eigenvalue weighted by atomic mass is 19.1. The van der Waals surface area contributed by atoms with Crippen molar-refractivity contribution < 1.29 is 23.1 Å². The maximum Gasteiger partial charge on any atom is 0.311 e. The van der Waals surface area contributed by atoms with E-state index >= 15 is 0 Å². The number of hydrogen-bond donors (Lipinski definition) is 1. The van der Waals surface area contributed by atoms with Crippen molar-refractivity contribution in [1.29, 1.82) is 0 Å². The van der Waals surface area contributed by atoms with E-state index in [1.807, 2.05) is 36.4 Å². The minimum absolute atomic E-state index is 0.0187. The Labute approximate surface area is 166 Å². The summed E-state index contributed by atoms with van der Waals surface area (Å²) in [6.45, 7) is 1.49. The van der Waals surface area contributed by atoms with Crippen molar-refractivity contribution in [3.63, 3.8) is 0 Å². The van der Waals surface area contributed by atoms with Crippen molar-refractivity contribution in [2.75, 3.05) is 5.32 Å². The molecule has 6 heteroatoms. The monoisotopic (exact) mass is 391 g/mol. The van der Waals surface area contributed by atoms with Gasteiger partial charge in [0.05, 0.1) is 12.7 Å². The quantitative estimate of drug-likeness (QED) is 0.495. The molecule has 0 saturated carbocycles. The van der Waals surface area contributed by atoms with Crippen molar-refractivity contribution >= 4 is 39.3 Å². The number of carbonyl (C=O) groups is 2. The lowest BCUT2D eigenvalue weighted by atomic mass is 10.0. The normalized spacial score (nSPS) is 12.1. The number of halogens is 1. The van der Waals surface area contributed by atoms with Gasteiger partial charge in [-0.25, -0.2) is 4.39 Å². The number of fused-ring (bicyclic) bond motifs is 3. The minimum Gasteiger partial charge on any atom is -0.464 e. The van der Waals surface area contributed by atoms with E-state index in [0.29, 0.717) is 16.8 Å². The predicted molar refractivity (Wildman–Crippen MR) is 108 cm³/mol. The van der Waals surface area contributed by atoms with Gasteiger partial charge in [-0.3, -0.25) is 9.59 Å². The average Bonchev–Trinajstić information content (AvgIpc) is 3.12. The van der Waals surface area contributed by atoms with Gasteiger partial charge < -0.3 is 14.5 Å². The van der Waals surface area contributed by atoms with E-state index in [2.05, 4.69) is 5.32 Å². The molecule has 0 unspecified atom stereocenters. The van der Waals surface area contributed by atoms with Gasteiger partial charge in [-0.15, -0.1) is 0 Å². The largest absolute Gasteiger partial charge is 0.464 e. The van der Waals surface area contributed by atoms with Crippen LogP contribution in [-0.2, 0) is 20.7 Å².